The predicted octanol–water partition coefficient (Wildman–Crippen LogP) is 2.11. The molecule has 0 spiro atoms. The Morgan fingerprint density at radius 1 is 1.13 bits per heavy atom. The highest BCUT2D eigenvalue weighted by Gasteiger charge is 2.24. The fourth-order valence-corrected chi connectivity index (χ4v) is 3.23. The minimum Gasteiger partial charge on any atom is -0.340 e. The first kappa shape index (κ1) is 16.5. The lowest BCUT2D eigenvalue weighted by Crippen LogP contribution is -2.40. The van der Waals surface area contributed by atoms with E-state index < -0.39 is 0 Å². The molecule has 1 N–H and O–H groups in total. The maximum Gasteiger partial charge on any atom is 0.236 e. The molecule has 4 heteroatoms. The summed E-state index contributed by atoms with van der Waals surface area (Å²) in [7, 11) is 0. The van der Waals surface area contributed by atoms with E-state index in [1.165, 1.54) is 18.4 Å². The molecule has 2 aliphatic rings. The number of benzene rings is 1. The number of carbonyl (C=O) groups excluding carboxylic acids is 1. The Bertz CT molecular complexity index is 501. The van der Waals surface area contributed by atoms with E-state index in [4.69, 9.17) is 0 Å². The van der Waals surface area contributed by atoms with Crippen LogP contribution in [0.15, 0.2) is 30.3 Å². The van der Waals surface area contributed by atoms with E-state index in [0.29, 0.717) is 12.6 Å². The van der Waals surface area contributed by atoms with Crippen LogP contribution in [0, 0.1) is 5.92 Å². The highest BCUT2D eigenvalue weighted by Crippen LogP contribution is 2.27. The van der Waals surface area contributed by atoms with E-state index in [2.05, 4.69) is 47.5 Å². The number of carbonyl (C=O) groups is 1. The Morgan fingerprint density at radius 3 is 2.65 bits per heavy atom. The number of hydrogen-bond donors (Lipinski definition) is 1. The third kappa shape index (κ3) is 5.05. The van der Waals surface area contributed by atoms with Gasteiger partial charge >= 0.3 is 0 Å². The molecular weight excluding hydrogens is 286 g/mol. The zero-order valence-corrected chi connectivity index (χ0v) is 14.2. The topological polar surface area (TPSA) is 35.6 Å². The van der Waals surface area contributed by atoms with Crippen LogP contribution in [0.5, 0.6) is 0 Å². The van der Waals surface area contributed by atoms with Crippen molar-refractivity contribution in [3.8, 4) is 0 Å². The Hall–Kier alpha value is -1.39. The van der Waals surface area contributed by atoms with E-state index in [1.54, 1.807) is 0 Å². The van der Waals surface area contributed by atoms with Gasteiger partial charge in [-0.25, -0.2) is 0 Å². The first-order valence-corrected chi connectivity index (χ1v) is 8.99. The maximum atomic E-state index is 12.4. The second-order valence-electron chi connectivity index (χ2n) is 7.05. The normalized spacial score (nSPS) is 22.8. The summed E-state index contributed by atoms with van der Waals surface area (Å²) in [6.07, 6.45) is 3.72. The quantitative estimate of drug-likeness (QED) is 0.873. The van der Waals surface area contributed by atoms with Crippen LogP contribution in [0.2, 0.25) is 0 Å². The number of rotatable bonds is 6. The van der Waals surface area contributed by atoms with Gasteiger partial charge in [0.05, 0.1) is 6.54 Å². The molecule has 0 aromatic heterocycles. The molecule has 1 saturated heterocycles. The number of nitrogens with one attached hydrogen (secondary N) is 1. The molecule has 1 atom stereocenters. The van der Waals surface area contributed by atoms with Crippen LogP contribution in [0.4, 0.5) is 0 Å². The minimum absolute atomic E-state index is 0.263. The first-order valence-electron chi connectivity index (χ1n) is 8.99. The molecule has 1 aromatic rings. The summed E-state index contributed by atoms with van der Waals surface area (Å²) in [5, 5.41) is 3.32. The van der Waals surface area contributed by atoms with Gasteiger partial charge in [-0.05, 0) is 44.2 Å². The molecule has 23 heavy (non-hydrogen) atoms. The Kier molecular flexibility index (Phi) is 5.68. The van der Waals surface area contributed by atoms with Gasteiger partial charge in [0.2, 0.25) is 5.91 Å². The van der Waals surface area contributed by atoms with Crippen molar-refractivity contribution in [1.82, 2.24) is 15.1 Å². The van der Waals surface area contributed by atoms with Crippen LogP contribution in [0.25, 0.3) is 0 Å². The highest BCUT2D eigenvalue weighted by atomic mass is 16.2. The third-order valence-electron chi connectivity index (χ3n) is 5.08. The first-order chi connectivity index (χ1) is 11.2. The van der Waals surface area contributed by atoms with Crippen molar-refractivity contribution in [2.75, 3.05) is 32.7 Å². The molecule has 1 unspecified atom stereocenters. The van der Waals surface area contributed by atoms with E-state index in [9.17, 15) is 4.79 Å². The van der Waals surface area contributed by atoms with Crippen LogP contribution in [0.1, 0.15) is 31.7 Å². The van der Waals surface area contributed by atoms with Crippen LogP contribution >= 0.6 is 0 Å². The van der Waals surface area contributed by atoms with Crippen molar-refractivity contribution in [3.05, 3.63) is 35.9 Å². The van der Waals surface area contributed by atoms with Gasteiger partial charge in [-0.15, -0.1) is 0 Å². The highest BCUT2D eigenvalue weighted by molar-refractivity contribution is 5.78. The molecule has 0 radical (unpaired) electrons. The van der Waals surface area contributed by atoms with E-state index in [-0.39, 0.29) is 5.91 Å². The fraction of sp³-hybridized carbons (Fsp3) is 0.632. The second kappa shape index (κ2) is 7.93. The summed E-state index contributed by atoms with van der Waals surface area (Å²) in [5.41, 5.74) is 1.35. The average molecular weight is 315 g/mol. The zero-order chi connectivity index (χ0) is 16.1. The molecular formula is C19H29N3O. The van der Waals surface area contributed by atoms with Crippen LogP contribution in [-0.4, -0.2) is 54.5 Å². The summed E-state index contributed by atoms with van der Waals surface area (Å²) < 4.78 is 0. The molecule has 1 aliphatic heterocycles. The molecule has 1 heterocycles. The summed E-state index contributed by atoms with van der Waals surface area (Å²) >= 11 is 0. The lowest BCUT2D eigenvalue weighted by atomic mass is 10.1. The monoisotopic (exact) mass is 315 g/mol. The summed E-state index contributed by atoms with van der Waals surface area (Å²) in [6, 6.07) is 11.1. The molecule has 1 saturated carbocycles. The number of nitrogens with zero attached hydrogens (tertiary/aromatic N) is 2. The van der Waals surface area contributed by atoms with Crippen molar-refractivity contribution >= 4 is 5.91 Å². The summed E-state index contributed by atoms with van der Waals surface area (Å²) in [5.74, 6) is 1.09. The van der Waals surface area contributed by atoms with Crippen LogP contribution in [0.3, 0.4) is 0 Å². The van der Waals surface area contributed by atoms with Gasteiger partial charge in [0.15, 0.2) is 0 Å². The largest absolute Gasteiger partial charge is 0.340 e. The van der Waals surface area contributed by atoms with Crippen LogP contribution in [-0.2, 0) is 11.3 Å². The van der Waals surface area contributed by atoms with E-state index in [0.717, 1.165) is 45.1 Å². The van der Waals surface area contributed by atoms with Gasteiger partial charge in [-0.1, -0.05) is 30.3 Å². The van der Waals surface area contributed by atoms with E-state index >= 15 is 0 Å². The van der Waals surface area contributed by atoms with Gasteiger partial charge in [0.25, 0.3) is 0 Å². The van der Waals surface area contributed by atoms with Gasteiger partial charge < -0.3 is 10.2 Å². The van der Waals surface area contributed by atoms with Crippen molar-refractivity contribution < 1.29 is 4.79 Å². The Morgan fingerprint density at radius 2 is 1.91 bits per heavy atom. The molecule has 4 nitrogen and oxygen atoms in total. The Balaban J connectivity index is 1.47. The molecule has 2 fully saturated rings. The van der Waals surface area contributed by atoms with Crippen molar-refractivity contribution in [3.63, 3.8) is 0 Å². The third-order valence-corrected chi connectivity index (χ3v) is 5.08. The maximum absolute atomic E-state index is 12.4. The van der Waals surface area contributed by atoms with Crippen molar-refractivity contribution in [1.29, 1.82) is 0 Å². The van der Waals surface area contributed by atoms with Gasteiger partial charge in [-0.2, -0.15) is 0 Å². The van der Waals surface area contributed by atoms with Gasteiger partial charge in [0.1, 0.15) is 0 Å². The predicted molar refractivity (Wildman–Crippen MR) is 93.1 cm³/mol. The molecule has 1 amide bonds. The zero-order valence-electron chi connectivity index (χ0n) is 14.2. The molecule has 3 rings (SSSR count). The lowest BCUT2D eigenvalue weighted by Gasteiger charge is -2.26. The SMILES string of the molecule is CC1CCN(C(=O)CNCC2CC2)CCN1Cc1ccccc1. The minimum atomic E-state index is 0.263. The molecule has 0 bridgehead atoms. The lowest BCUT2D eigenvalue weighted by molar-refractivity contribution is -0.130. The van der Waals surface area contributed by atoms with Gasteiger partial charge in [0, 0.05) is 32.2 Å². The second-order valence-corrected chi connectivity index (χ2v) is 7.05. The standard InChI is InChI=1S/C19H29N3O/c1-16-9-10-21(19(23)14-20-13-17-7-8-17)11-12-22(16)15-18-5-3-2-4-6-18/h2-6,16-17,20H,7-15H2,1H3. The van der Waals surface area contributed by atoms with Gasteiger partial charge in [-0.3, -0.25) is 9.69 Å². The molecule has 126 valence electrons. The summed E-state index contributed by atoms with van der Waals surface area (Å²) in [6.45, 7) is 7.47. The Labute approximate surface area is 139 Å². The molecule has 1 aromatic carbocycles. The smallest absolute Gasteiger partial charge is 0.236 e. The number of amides is 1. The fourth-order valence-electron chi connectivity index (χ4n) is 3.23. The number of hydrogen-bond acceptors (Lipinski definition) is 3. The van der Waals surface area contributed by atoms with Crippen molar-refractivity contribution in [2.45, 2.75) is 38.8 Å². The van der Waals surface area contributed by atoms with Crippen LogP contribution < -0.4 is 5.32 Å². The average Bonchev–Trinajstić information content (AvgIpc) is 3.39. The van der Waals surface area contributed by atoms with Crippen molar-refractivity contribution in [2.24, 2.45) is 5.92 Å². The summed E-state index contributed by atoms with van der Waals surface area (Å²) in [4.78, 5) is 16.9. The molecule has 1 aliphatic carbocycles. The van der Waals surface area contributed by atoms with E-state index in [1.807, 2.05) is 4.90 Å².